The van der Waals surface area contributed by atoms with E-state index < -0.39 is 11.9 Å². The number of imide groups is 1. The average Bonchev–Trinajstić information content (AvgIpc) is 3.08. The number of carbonyl (C=O) groups is 2. The minimum absolute atomic E-state index is 0.169. The van der Waals surface area contributed by atoms with Crippen molar-refractivity contribution in [2.45, 2.75) is 13.5 Å². The average molecular weight is 558 g/mol. The van der Waals surface area contributed by atoms with Crippen LogP contribution in [0.1, 0.15) is 18.1 Å². The van der Waals surface area contributed by atoms with Crippen LogP contribution in [-0.2, 0) is 11.4 Å². The van der Waals surface area contributed by atoms with Gasteiger partial charge in [-0.3, -0.25) is 4.79 Å². The van der Waals surface area contributed by atoms with Gasteiger partial charge >= 0.3 is 6.03 Å². The van der Waals surface area contributed by atoms with Crippen molar-refractivity contribution in [2.24, 2.45) is 0 Å². The lowest BCUT2D eigenvalue weighted by Gasteiger charge is -2.15. The second-order valence-corrected chi connectivity index (χ2v) is 8.30. The molecule has 0 unspecified atom stereocenters. The Hall–Kier alpha value is -3.40. The summed E-state index contributed by atoms with van der Waals surface area (Å²) in [4.78, 5) is 26.4. The molecule has 0 radical (unpaired) electrons. The number of para-hydroxylation sites is 1. The third-order valence-corrected chi connectivity index (χ3v) is 5.63. The van der Waals surface area contributed by atoms with Gasteiger partial charge in [0.05, 0.1) is 15.9 Å². The normalized spacial score (nSPS) is 14.5. The molecule has 4 rings (SSSR count). The van der Waals surface area contributed by atoms with E-state index >= 15 is 0 Å². The summed E-state index contributed by atoms with van der Waals surface area (Å²) in [6, 6.07) is 17.9. The standard InChI is InChI=1S/C25H20FIN2O4/c1-2-32-22-14-17(12-20(27)23(22)33-15-16-8-10-18(26)11-9-16)13-21-24(30)29(25(31)28-21)19-6-4-3-5-7-19/h3-14H,2,15H2,1H3,(H,28,31)/b21-13+. The summed E-state index contributed by atoms with van der Waals surface area (Å²) in [5.41, 5.74) is 2.16. The van der Waals surface area contributed by atoms with E-state index in [1.54, 1.807) is 48.5 Å². The molecular formula is C25H20FIN2O4. The van der Waals surface area contributed by atoms with E-state index in [1.807, 2.05) is 19.1 Å². The molecule has 0 aliphatic carbocycles. The molecular weight excluding hydrogens is 538 g/mol. The van der Waals surface area contributed by atoms with E-state index in [0.29, 0.717) is 29.4 Å². The van der Waals surface area contributed by atoms with E-state index in [4.69, 9.17) is 9.47 Å². The van der Waals surface area contributed by atoms with Crippen LogP contribution in [0.25, 0.3) is 6.08 Å². The Morgan fingerprint density at radius 1 is 1.03 bits per heavy atom. The van der Waals surface area contributed by atoms with Crippen molar-refractivity contribution in [1.82, 2.24) is 5.32 Å². The van der Waals surface area contributed by atoms with Gasteiger partial charge in [0.15, 0.2) is 11.5 Å². The number of nitrogens with zero attached hydrogens (tertiary/aromatic N) is 1. The topological polar surface area (TPSA) is 67.9 Å². The zero-order chi connectivity index (χ0) is 23.4. The maximum atomic E-state index is 13.1. The van der Waals surface area contributed by atoms with Gasteiger partial charge in [-0.1, -0.05) is 30.3 Å². The van der Waals surface area contributed by atoms with Crippen LogP contribution in [0.15, 0.2) is 72.4 Å². The zero-order valence-electron chi connectivity index (χ0n) is 17.7. The summed E-state index contributed by atoms with van der Waals surface area (Å²) >= 11 is 2.13. The quantitative estimate of drug-likeness (QED) is 0.236. The first kappa shape index (κ1) is 22.8. The molecule has 6 nitrogen and oxygen atoms in total. The zero-order valence-corrected chi connectivity index (χ0v) is 19.8. The fourth-order valence-electron chi connectivity index (χ4n) is 3.32. The van der Waals surface area contributed by atoms with Crippen LogP contribution in [-0.4, -0.2) is 18.5 Å². The summed E-state index contributed by atoms with van der Waals surface area (Å²) in [5, 5.41) is 2.63. The number of hydrogen-bond donors (Lipinski definition) is 1. The van der Waals surface area contributed by atoms with Crippen LogP contribution in [0, 0.1) is 9.39 Å². The van der Waals surface area contributed by atoms with Gasteiger partial charge in [0, 0.05) is 0 Å². The van der Waals surface area contributed by atoms with Gasteiger partial charge in [0.1, 0.15) is 18.1 Å². The van der Waals surface area contributed by atoms with Crippen LogP contribution >= 0.6 is 22.6 Å². The number of nitrogens with one attached hydrogen (secondary N) is 1. The maximum Gasteiger partial charge on any atom is 0.333 e. The molecule has 168 valence electrons. The summed E-state index contributed by atoms with van der Waals surface area (Å²) in [5.74, 6) is 0.322. The highest BCUT2D eigenvalue weighted by Crippen LogP contribution is 2.36. The van der Waals surface area contributed by atoms with E-state index in [0.717, 1.165) is 14.0 Å². The molecule has 1 aliphatic heterocycles. The van der Waals surface area contributed by atoms with Crippen molar-refractivity contribution in [2.75, 3.05) is 11.5 Å². The third kappa shape index (κ3) is 5.16. The minimum atomic E-state index is -0.503. The van der Waals surface area contributed by atoms with E-state index in [1.165, 1.54) is 12.1 Å². The van der Waals surface area contributed by atoms with Crippen LogP contribution in [0.4, 0.5) is 14.9 Å². The van der Waals surface area contributed by atoms with E-state index in [2.05, 4.69) is 27.9 Å². The summed E-state index contributed by atoms with van der Waals surface area (Å²) in [7, 11) is 0. The largest absolute Gasteiger partial charge is 0.490 e. The number of rotatable bonds is 7. The molecule has 0 saturated carbocycles. The van der Waals surface area contributed by atoms with Gasteiger partial charge in [0.2, 0.25) is 0 Å². The summed E-state index contributed by atoms with van der Waals surface area (Å²) in [6.07, 6.45) is 1.61. The number of carbonyl (C=O) groups excluding carboxylic acids is 2. The molecule has 33 heavy (non-hydrogen) atoms. The Labute approximate surface area is 204 Å². The molecule has 1 heterocycles. The van der Waals surface area contributed by atoms with Crippen molar-refractivity contribution >= 4 is 46.3 Å². The van der Waals surface area contributed by atoms with Gasteiger partial charge < -0.3 is 14.8 Å². The predicted octanol–water partition coefficient (Wildman–Crippen LogP) is 5.51. The van der Waals surface area contributed by atoms with Crippen LogP contribution < -0.4 is 19.7 Å². The van der Waals surface area contributed by atoms with Gasteiger partial charge in [-0.05, 0) is 83.1 Å². The lowest BCUT2D eigenvalue weighted by molar-refractivity contribution is -0.113. The molecule has 0 aromatic heterocycles. The highest BCUT2D eigenvalue weighted by molar-refractivity contribution is 14.1. The molecule has 0 bridgehead atoms. The van der Waals surface area contributed by atoms with E-state index in [9.17, 15) is 14.0 Å². The van der Waals surface area contributed by atoms with Crippen molar-refractivity contribution in [3.63, 3.8) is 0 Å². The predicted molar refractivity (Wildman–Crippen MR) is 131 cm³/mol. The Kier molecular flexibility index (Phi) is 6.93. The number of hydrogen-bond acceptors (Lipinski definition) is 4. The number of halogens is 2. The van der Waals surface area contributed by atoms with Crippen molar-refractivity contribution in [1.29, 1.82) is 0 Å². The molecule has 0 atom stereocenters. The lowest BCUT2D eigenvalue weighted by atomic mass is 10.1. The number of ether oxygens (including phenoxy) is 2. The van der Waals surface area contributed by atoms with E-state index in [-0.39, 0.29) is 18.1 Å². The Morgan fingerprint density at radius 2 is 1.76 bits per heavy atom. The molecule has 1 aliphatic rings. The fourth-order valence-corrected chi connectivity index (χ4v) is 4.10. The van der Waals surface area contributed by atoms with Gasteiger partial charge in [-0.15, -0.1) is 0 Å². The number of amides is 3. The number of benzene rings is 3. The van der Waals surface area contributed by atoms with Gasteiger partial charge in [0.25, 0.3) is 5.91 Å². The van der Waals surface area contributed by atoms with Crippen molar-refractivity contribution in [3.8, 4) is 11.5 Å². The summed E-state index contributed by atoms with van der Waals surface area (Å²) < 4.78 is 25.6. The first-order valence-electron chi connectivity index (χ1n) is 10.2. The number of anilines is 1. The molecule has 1 fully saturated rings. The SMILES string of the molecule is CCOc1cc(/C=C2/NC(=O)N(c3ccccc3)C2=O)cc(I)c1OCc1ccc(F)cc1. The van der Waals surface area contributed by atoms with Crippen molar-refractivity contribution in [3.05, 3.63) is 92.9 Å². The van der Waals surface area contributed by atoms with Crippen LogP contribution in [0.3, 0.4) is 0 Å². The molecule has 3 aromatic carbocycles. The maximum absolute atomic E-state index is 13.1. The highest BCUT2D eigenvalue weighted by Gasteiger charge is 2.34. The van der Waals surface area contributed by atoms with Gasteiger partial charge in [-0.25, -0.2) is 14.1 Å². The Bertz CT molecular complexity index is 1210. The lowest BCUT2D eigenvalue weighted by Crippen LogP contribution is -2.30. The van der Waals surface area contributed by atoms with Gasteiger partial charge in [-0.2, -0.15) is 0 Å². The van der Waals surface area contributed by atoms with Crippen LogP contribution in [0.5, 0.6) is 11.5 Å². The second kappa shape index (κ2) is 10.0. The summed E-state index contributed by atoms with van der Waals surface area (Å²) in [6.45, 7) is 2.53. The Balaban J connectivity index is 1.59. The van der Waals surface area contributed by atoms with Crippen LogP contribution in [0.2, 0.25) is 0 Å². The number of urea groups is 1. The Morgan fingerprint density at radius 3 is 2.45 bits per heavy atom. The second-order valence-electron chi connectivity index (χ2n) is 7.14. The third-order valence-electron chi connectivity index (χ3n) is 4.83. The van der Waals surface area contributed by atoms with Crippen molar-refractivity contribution < 1.29 is 23.5 Å². The smallest absolute Gasteiger partial charge is 0.333 e. The molecule has 0 spiro atoms. The molecule has 3 amide bonds. The molecule has 1 saturated heterocycles. The first-order chi connectivity index (χ1) is 16.0. The monoisotopic (exact) mass is 558 g/mol. The fraction of sp³-hybridized carbons (Fsp3) is 0.120. The highest BCUT2D eigenvalue weighted by atomic mass is 127. The molecule has 1 N–H and O–H groups in total. The first-order valence-corrected chi connectivity index (χ1v) is 11.3. The molecule has 3 aromatic rings. The molecule has 8 heteroatoms. The minimum Gasteiger partial charge on any atom is -0.490 e.